The molecule has 0 aliphatic carbocycles. The van der Waals surface area contributed by atoms with Crippen LogP contribution in [-0.4, -0.2) is 55.9 Å². The molecule has 0 bridgehead atoms. The first kappa shape index (κ1) is 32.2. The number of anilines is 1. The quantitative estimate of drug-likeness (QED) is 0.118. The van der Waals surface area contributed by atoms with Crippen LogP contribution in [0, 0.1) is 0 Å². The van der Waals surface area contributed by atoms with Gasteiger partial charge in [-0.2, -0.15) is 0 Å². The molecule has 10 nitrogen and oxygen atoms in total. The Morgan fingerprint density at radius 3 is 1.91 bits per heavy atom. The van der Waals surface area contributed by atoms with E-state index in [1.807, 2.05) is 78.9 Å². The fourth-order valence-corrected chi connectivity index (χ4v) is 5.19. The second-order valence-corrected chi connectivity index (χ2v) is 10.3. The summed E-state index contributed by atoms with van der Waals surface area (Å²) in [5.74, 6) is 5.05. The topological polar surface area (TPSA) is 97.9 Å². The van der Waals surface area contributed by atoms with Crippen molar-refractivity contribution in [3.05, 3.63) is 89.0 Å². The smallest absolute Gasteiger partial charge is 0.203 e. The minimum absolute atomic E-state index is 0.0743. The number of ether oxygens (including phenoxy) is 8. The van der Waals surface area contributed by atoms with Crippen LogP contribution in [0.3, 0.4) is 0 Å². The van der Waals surface area contributed by atoms with Crippen molar-refractivity contribution in [1.82, 2.24) is 5.32 Å². The summed E-state index contributed by atoms with van der Waals surface area (Å²) in [5, 5.41) is 7.05. The highest BCUT2D eigenvalue weighted by molar-refractivity contribution is 5.73. The van der Waals surface area contributed by atoms with Crippen molar-refractivity contribution in [2.24, 2.45) is 0 Å². The van der Waals surface area contributed by atoms with E-state index in [-0.39, 0.29) is 6.17 Å². The van der Waals surface area contributed by atoms with Gasteiger partial charge in [-0.3, -0.25) is 5.32 Å². The Kier molecular flexibility index (Phi) is 10.6. The molecule has 0 spiro atoms. The van der Waals surface area contributed by atoms with Gasteiger partial charge in [-0.25, -0.2) is 0 Å². The minimum atomic E-state index is -0.0743. The van der Waals surface area contributed by atoms with Crippen molar-refractivity contribution in [2.75, 3.05) is 61.2 Å². The number of hydrogen-bond donors (Lipinski definition) is 2. The average molecular weight is 629 g/mol. The number of nitrogens with one attached hydrogen (secondary N) is 2. The van der Waals surface area contributed by atoms with Crippen molar-refractivity contribution in [3.8, 4) is 46.0 Å². The molecule has 1 aliphatic rings. The summed E-state index contributed by atoms with van der Waals surface area (Å²) in [4.78, 5) is 0. The summed E-state index contributed by atoms with van der Waals surface area (Å²) >= 11 is 0. The SMILES string of the molecule is COc1ccc2c(c1)CNC(c1ccc(OCCOc3cc(C=Cc4cc(OC)c(OC)c(OC)c4)ccc3OC)c(OC)c1)N2. The van der Waals surface area contributed by atoms with E-state index < -0.39 is 0 Å². The van der Waals surface area contributed by atoms with Gasteiger partial charge in [-0.05, 0) is 76.9 Å². The molecule has 1 atom stereocenters. The van der Waals surface area contributed by atoms with Crippen LogP contribution in [0.5, 0.6) is 46.0 Å². The van der Waals surface area contributed by atoms with Crippen LogP contribution in [0.4, 0.5) is 5.69 Å². The van der Waals surface area contributed by atoms with Crippen LogP contribution in [-0.2, 0) is 6.54 Å². The van der Waals surface area contributed by atoms with E-state index in [9.17, 15) is 0 Å². The van der Waals surface area contributed by atoms with E-state index >= 15 is 0 Å². The van der Waals surface area contributed by atoms with Crippen LogP contribution in [0.1, 0.15) is 28.4 Å². The number of rotatable bonds is 14. The van der Waals surface area contributed by atoms with Gasteiger partial charge in [-0.15, -0.1) is 0 Å². The molecule has 0 amide bonds. The number of methoxy groups -OCH3 is 6. The Labute approximate surface area is 269 Å². The van der Waals surface area contributed by atoms with Gasteiger partial charge in [0.1, 0.15) is 25.1 Å². The molecule has 0 radical (unpaired) electrons. The van der Waals surface area contributed by atoms with Crippen LogP contribution in [0.25, 0.3) is 12.2 Å². The van der Waals surface area contributed by atoms with Gasteiger partial charge in [0.05, 0.1) is 42.7 Å². The lowest BCUT2D eigenvalue weighted by Crippen LogP contribution is -2.32. The summed E-state index contributed by atoms with van der Waals surface area (Å²) in [6.07, 6.45) is 3.86. The first-order valence-electron chi connectivity index (χ1n) is 14.8. The van der Waals surface area contributed by atoms with Crippen molar-refractivity contribution in [2.45, 2.75) is 12.7 Å². The predicted octanol–water partition coefficient (Wildman–Crippen LogP) is 6.58. The Morgan fingerprint density at radius 1 is 0.587 bits per heavy atom. The second-order valence-electron chi connectivity index (χ2n) is 10.3. The molecule has 4 aromatic rings. The molecule has 4 aromatic carbocycles. The van der Waals surface area contributed by atoms with Crippen LogP contribution >= 0.6 is 0 Å². The van der Waals surface area contributed by atoms with E-state index in [1.165, 1.54) is 0 Å². The molecular formula is C36H40N2O8. The Morgan fingerprint density at radius 2 is 1.24 bits per heavy atom. The second kappa shape index (κ2) is 15.2. The third-order valence-electron chi connectivity index (χ3n) is 7.57. The fourth-order valence-electron chi connectivity index (χ4n) is 5.19. The minimum Gasteiger partial charge on any atom is -0.497 e. The van der Waals surface area contributed by atoms with Crippen molar-refractivity contribution in [1.29, 1.82) is 0 Å². The molecule has 0 aromatic heterocycles. The largest absolute Gasteiger partial charge is 0.497 e. The molecule has 0 saturated carbocycles. The highest BCUT2D eigenvalue weighted by atomic mass is 16.6. The van der Waals surface area contributed by atoms with Crippen LogP contribution in [0.2, 0.25) is 0 Å². The predicted molar refractivity (Wildman–Crippen MR) is 178 cm³/mol. The number of fused-ring (bicyclic) bond motifs is 1. The normalized spacial score (nSPS) is 13.7. The highest BCUT2D eigenvalue weighted by Crippen LogP contribution is 2.39. The van der Waals surface area contributed by atoms with Gasteiger partial charge >= 0.3 is 0 Å². The van der Waals surface area contributed by atoms with E-state index in [0.29, 0.717) is 60.0 Å². The van der Waals surface area contributed by atoms with Crippen molar-refractivity contribution < 1.29 is 37.9 Å². The maximum absolute atomic E-state index is 6.08. The Hall–Kier alpha value is -5.22. The summed E-state index contributed by atoms with van der Waals surface area (Å²) < 4.78 is 45.0. The molecule has 46 heavy (non-hydrogen) atoms. The first-order valence-corrected chi connectivity index (χ1v) is 14.8. The van der Waals surface area contributed by atoms with E-state index in [2.05, 4.69) is 10.6 Å². The van der Waals surface area contributed by atoms with Crippen LogP contribution < -0.4 is 48.5 Å². The molecule has 0 saturated heterocycles. The molecule has 242 valence electrons. The lowest BCUT2D eigenvalue weighted by Gasteiger charge is -2.29. The van der Waals surface area contributed by atoms with Gasteiger partial charge in [-0.1, -0.05) is 24.3 Å². The zero-order valence-electron chi connectivity index (χ0n) is 27.0. The maximum Gasteiger partial charge on any atom is 0.203 e. The highest BCUT2D eigenvalue weighted by Gasteiger charge is 2.20. The van der Waals surface area contributed by atoms with Crippen molar-refractivity contribution in [3.63, 3.8) is 0 Å². The first-order chi connectivity index (χ1) is 22.5. The average Bonchev–Trinajstić information content (AvgIpc) is 3.11. The van der Waals surface area contributed by atoms with Gasteiger partial charge < -0.3 is 43.2 Å². The lowest BCUT2D eigenvalue weighted by molar-refractivity contribution is 0.206. The van der Waals surface area contributed by atoms with Gasteiger partial charge in [0.15, 0.2) is 34.5 Å². The van der Waals surface area contributed by atoms with E-state index in [4.69, 9.17) is 37.9 Å². The molecule has 0 fully saturated rings. The number of hydrogen-bond acceptors (Lipinski definition) is 10. The Balaban J connectivity index is 1.21. The Bertz CT molecular complexity index is 1650. The molecule has 10 heteroatoms. The lowest BCUT2D eigenvalue weighted by atomic mass is 10.1. The van der Waals surface area contributed by atoms with Crippen molar-refractivity contribution >= 4 is 17.8 Å². The molecule has 1 aliphatic heterocycles. The van der Waals surface area contributed by atoms with Crippen LogP contribution in [0.15, 0.2) is 66.7 Å². The third kappa shape index (κ3) is 7.35. The molecule has 1 heterocycles. The summed E-state index contributed by atoms with van der Waals surface area (Å²) in [6, 6.07) is 21.4. The van der Waals surface area contributed by atoms with E-state index in [1.54, 1.807) is 42.7 Å². The molecule has 5 rings (SSSR count). The van der Waals surface area contributed by atoms with Gasteiger partial charge in [0, 0.05) is 12.2 Å². The fraction of sp³-hybridized carbons (Fsp3) is 0.278. The van der Waals surface area contributed by atoms with Gasteiger partial charge in [0.25, 0.3) is 0 Å². The number of benzene rings is 4. The molecule has 2 N–H and O–H groups in total. The monoisotopic (exact) mass is 628 g/mol. The summed E-state index contributed by atoms with van der Waals surface area (Å²) in [5.41, 5.74) is 5.07. The zero-order valence-corrected chi connectivity index (χ0v) is 27.0. The standard InChI is InChI=1S/C36H40N2O8/c1-39-27-11-12-28-26(20-27)22-37-36(38-28)25-10-14-30(31(21-25)41-3)45-15-16-46-32-17-23(9-13-29(32)40-2)7-8-24-18-33(42-4)35(44-6)34(19-24)43-5/h7-14,17-21,36-38H,15-16,22H2,1-6H3. The zero-order chi connectivity index (χ0) is 32.5. The van der Waals surface area contributed by atoms with E-state index in [0.717, 1.165) is 33.7 Å². The maximum atomic E-state index is 6.08. The summed E-state index contributed by atoms with van der Waals surface area (Å²) in [6.45, 7) is 1.32. The summed E-state index contributed by atoms with van der Waals surface area (Å²) in [7, 11) is 9.69. The van der Waals surface area contributed by atoms with Gasteiger partial charge in [0.2, 0.25) is 5.75 Å². The third-order valence-corrected chi connectivity index (χ3v) is 7.57. The molecular weight excluding hydrogens is 588 g/mol. The molecule has 1 unspecified atom stereocenters.